The van der Waals surface area contributed by atoms with Gasteiger partial charge in [0.2, 0.25) is 0 Å². The van der Waals surface area contributed by atoms with Gasteiger partial charge in [-0.05, 0) is 48.9 Å². The summed E-state index contributed by atoms with van der Waals surface area (Å²) in [4.78, 5) is 13.6. The molecule has 0 spiro atoms. The Balaban J connectivity index is 1.59. The van der Waals surface area contributed by atoms with Gasteiger partial charge in [0.1, 0.15) is 5.78 Å². The lowest BCUT2D eigenvalue weighted by atomic mass is 9.70. The number of benzene rings is 2. The summed E-state index contributed by atoms with van der Waals surface area (Å²) in [5, 5.41) is 6.94. The summed E-state index contributed by atoms with van der Waals surface area (Å²) in [6, 6.07) is 21.2. The van der Waals surface area contributed by atoms with E-state index in [0.29, 0.717) is 17.6 Å². The fourth-order valence-electron chi connectivity index (χ4n) is 4.79. The second-order valence-electron chi connectivity index (χ2n) is 7.64. The third-order valence-electron chi connectivity index (χ3n) is 6.15. The minimum atomic E-state index is 0.0715. The summed E-state index contributed by atoms with van der Waals surface area (Å²) in [7, 11) is 0. The minimum absolute atomic E-state index is 0.0715. The fraction of sp³-hybridized carbons (Fsp3) is 0.435. The molecule has 2 heterocycles. The molecule has 3 nitrogen and oxygen atoms in total. The van der Waals surface area contributed by atoms with E-state index in [4.69, 9.17) is 0 Å². The molecule has 4 unspecified atom stereocenters. The van der Waals surface area contributed by atoms with E-state index in [1.807, 2.05) is 0 Å². The molecule has 2 fully saturated rings. The molecule has 0 amide bonds. The van der Waals surface area contributed by atoms with Gasteiger partial charge in [-0.25, -0.2) is 0 Å². The Morgan fingerprint density at radius 1 is 0.692 bits per heavy atom. The zero-order valence-corrected chi connectivity index (χ0v) is 15.2. The minimum Gasteiger partial charge on any atom is -0.316 e. The third-order valence-corrected chi connectivity index (χ3v) is 6.15. The number of rotatable bonds is 4. The summed E-state index contributed by atoms with van der Waals surface area (Å²) in [5.41, 5.74) is 2.62. The molecule has 4 rings (SSSR count). The van der Waals surface area contributed by atoms with Gasteiger partial charge in [0, 0.05) is 24.9 Å². The molecule has 0 bridgehead atoms. The maximum atomic E-state index is 13.6. The van der Waals surface area contributed by atoms with Gasteiger partial charge in [-0.15, -0.1) is 0 Å². The predicted octanol–water partition coefficient (Wildman–Crippen LogP) is 3.34. The van der Waals surface area contributed by atoms with Crippen LogP contribution in [0.25, 0.3) is 0 Å². The van der Waals surface area contributed by atoms with E-state index in [9.17, 15) is 4.79 Å². The van der Waals surface area contributed by atoms with Gasteiger partial charge in [-0.2, -0.15) is 0 Å². The third kappa shape index (κ3) is 3.60. The first-order chi connectivity index (χ1) is 12.8. The summed E-state index contributed by atoms with van der Waals surface area (Å²) >= 11 is 0. The number of hydrogen-bond donors (Lipinski definition) is 2. The Kier molecular flexibility index (Phi) is 5.47. The maximum absolute atomic E-state index is 13.6. The normalized spacial score (nSPS) is 29.2. The van der Waals surface area contributed by atoms with Crippen LogP contribution in [0.3, 0.4) is 0 Å². The van der Waals surface area contributed by atoms with Crippen LogP contribution < -0.4 is 10.6 Å². The zero-order valence-electron chi connectivity index (χ0n) is 15.2. The van der Waals surface area contributed by atoms with Crippen molar-refractivity contribution in [3.63, 3.8) is 0 Å². The maximum Gasteiger partial charge on any atom is 0.142 e. The van der Waals surface area contributed by atoms with Gasteiger partial charge in [0.25, 0.3) is 0 Å². The lowest BCUT2D eigenvalue weighted by Gasteiger charge is -2.38. The van der Waals surface area contributed by atoms with Gasteiger partial charge >= 0.3 is 0 Å². The molecule has 2 aromatic carbocycles. The quantitative estimate of drug-likeness (QED) is 0.890. The van der Waals surface area contributed by atoms with Crippen LogP contribution in [0.4, 0.5) is 0 Å². The van der Waals surface area contributed by atoms with Crippen LogP contribution in [0.5, 0.6) is 0 Å². The highest BCUT2D eigenvalue weighted by Gasteiger charge is 2.39. The van der Waals surface area contributed by atoms with Crippen molar-refractivity contribution in [1.29, 1.82) is 0 Å². The number of piperidine rings is 2. The first-order valence-corrected chi connectivity index (χ1v) is 9.89. The fourth-order valence-corrected chi connectivity index (χ4v) is 4.79. The molecule has 0 aromatic heterocycles. The van der Waals surface area contributed by atoms with E-state index < -0.39 is 0 Å². The number of carbonyl (C=O) groups excluding carboxylic acids is 1. The number of carbonyl (C=O) groups is 1. The summed E-state index contributed by atoms with van der Waals surface area (Å²) in [6.45, 7) is 3.59. The zero-order chi connectivity index (χ0) is 17.8. The van der Waals surface area contributed by atoms with E-state index in [1.165, 1.54) is 11.1 Å². The van der Waals surface area contributed by atoms with Crippen LogP contribution in [-0.4, -0.2) is 32.0 Å². The van der Waals surface area contributed by atoms with Crippen LogP contribution in [0.15, 0.2) is 60.7 Å². The van der Waals surface area contributed by atoms with Crippen LogP contribution >= 0.6 is 0 Å². The van der Waals surface area contributed by atoms with Crippen molar-refractivity contribution >= 4 is 5.78 Å². The van der Waals surface area contributed by atoms with Crippen molar-refractivity contribution in [2.24, 2.45) is 11.8 Å². The molecule has 136 valence electrons. The average Bonchev–Trinajstić information content (AvgIpc) is 2.74. The SMILES string of the molecule is O=C(C1CNCCC1c1ccccc1)C1CNCCC1c1ccccc1. The van der Waals surface area contributed by atoms with Crippen molar-refractivity contribution in [3.8, 4) is 0 Å². The Morgan fingerprint density at radius 3 is 1.54 bits per heavy atom. The highest BCUT2D eigenvalue weighted by Crippen LogP contribution is 2.38. The second-order valence-corrected chi connectivity index (χ2v) is 7.64. The molecule has 26 heavy (non-hydrogen) atoms. The van der Waals surface area contributed by atoms with Crippen LogP contribution in [0.2, 0.25) is 0 Å². The molecule has 3 heteroatoms. The highest BCUT2D eigenvalue weighted by molar-refractivity contribution is 5.86. The van der Waals surface area contributed by atoms with Gasteiger partial charge in [0.05, 0.1) is 0 Å². The smallest absolute Gasteiger partial charge is 0.142 e. The van der Waals surface area contributed by atoms with E-state index in [0.717, 1.165) is 39.0 Å². The predicted molar refractivity (Wildman–Crippen MR) is 105 cm³/mol. The molecule has 0 radical (unpaired) electrons. The molecular formula is C23H28N2O. The van der Waals surface area contributed by atoms with Crippen molar-refractivity contribution < 1.29 is 4.79 Å². The number of nitrogens with one attached hydrogen (secondary N) is 2. The number of hydrogen-bond acceptors (Lipinski definition) is 3. The molecule has 2 aliphatic heterocycles. The van der Waals surface area contributed by atoms with Gasteiger partial charge in [-0.1, -0.05) is 60.7 Å². The first-order valence-electron chi connectivity index (χ1n) is 9.89. The molecule has 2 N–H and O–H groups in total. The Morgan fingerprint density at radius 2 is 1.12 bits per heavy atom. The van der Waals surface area contributed by atoms with E-state index in [2.05, 4.69) is 71.3 Å². The Bertz CT molecular complexity index is 654. The molecule has 0 aliphatic carbocycles. The number of ketones is 1. The topological polar surface area (TPSA) is 41.1 Å². The second kappa shape index (κ2) is 8.15. The Labute approximate surface area is 156 Å². The molecular weight excluding hydrogens is 320 g/mol. The van der Waals surface area contributed by atoms with Crippen LogP contribution in [0, 0.1) is 11.8 Å². The monoisotopic (exact) mass is 348 g/mol. The first kappa shape index (κ1) is 17.4. The summed E-state index contributed by atoms with van der Waals surface area (Å²) in [6.07, 6.45) is 2.08. The van der Waals surface area contributed by atoms with Crippen LogP contribution in [0.1, 0.15) is 35.8 Å². The van der Waals surface area contributed by atoms with E-state index in [1.54, 1.807) is 0 Å². The van der Waals surface area contributed by atoms with Crippen molar-refractivity contribution in [2.45, 2.75) is 24.7 Å². The van der Waals surface area contributed by atoms with Crippen molar-refractivity contribution in [2.75, 3.05) is 26.2 Å². The average molecular weight is 348 g/mol. The Hall–Kier alpha value is -1.97. The largest absolute Gasteiger partial charge is 0.316 e. The highest BCUT2D eigenvalue weighted by atomic mass is 16.1. The molecule has 0 saturated carbocycles. The molecule has 4 atom stereocenters. The summed E-state index contributed by atoms with van der Waals surface area (Å²) < 4.78 is 0. The molecule has 2 aromatic rings. The van der Waals surface area contributed by atoms with Gasteiger partial charge in [-0.3, -0.25) is 4.79 Å². The van der Waals surface area contributed by atoms with Crippen LogP contribution in [-0.2, 0) is 4.79 Å². The lowest BCUT2D eigenvalue weighted by molar-refractivity contribution is -0.129. The van der Waals surface area contributed by atoms with E-state index in [-0.39, 0.29) is 11.8 Å². The lowest BCUT2D eigenvalue weighted by Crippen LogP contribution is -2.47. The van der Waals surface area contributed by atoms with Crippen molar-refractivity contribution in [3.05, 3.63) is 71.8 Å². The number of Topliss-reactive ketones (excluding diaryl/α,β-unsaturated/α-hetero) is 1. The van der Waals surface area contributed by atoms with Gasteiger partial charge in [0.15, 0.2) is 0 Å². The molecule has 2 saturated heterocycles. The van der Waals surface area contributed by atoms with Crippen molar-refractivity contribution in [1.82, 2.24) is 10.6 Å². The standard InChI is InChI=1S/C23H28N2O/c26-23(21-15-24-13-11-19(21)17-7-3-1-4-8-17)22-16-25-14-12-20(22)18-9-5-2-6-10-18/h1-10,19-22,24-25H,11-16H2. The summed E-state index contributed by atoms with van der Waals surface area (Å²) in [5.74, 6) is 1.25. The van der Waals surface area contributed by atoms with E-state index >= 15 is 0 Å². The molecule has 2 aliphatic rings. The van der Waals surface area contributed by atoms with Gasteiger partial charge < -0.3 is 10.6 Å².